The number of alkyl halides is 2. The van der Waals surface area contributed by atoms with Crippen molar-refractivity contribution < 1.29 is 9.53 Å². The van der Waals surface area contributed by atoms with Gasteiger partial charge in [-0.25, -0.2) is 4.79 Å². The molecule has 0 spiro atoms. The minimum atomic E-state index is -1.02. The summed E-state index contributed by atoms with van der Waals surface area (Å²) in [5.74, 6) is -0.441. The summed E-state index contributed by atoms with van der Waals surface area (Å²) in [6.07, 6.45) is 0. The third-order valence-corrected chi connectivity index (χ3v) is 6.40. The Labute approximate surface area is 201 Å². The van der Waals surface area contributed by atoms with Crippen LogP contribution in [0.15, 0.2) is 53.6 Å². The van der Waals surface area contributed by atoms with Crippen LogP contribution in [-0.4, -0.2) is 15.9 Å². The van der Waals surface area contributed by atoms with Crippen LogP contribution in [0.3, 0.4) is 0 Å². The summed E-state index contributed by atoms with van der Waals surface area (Å²) in [7, 11) is 0. The van der Waals surface area contributed by atoms with E-state index in [1.165, 1.54) is 0 Å². The van der Waals surface area contributed by atoms with E-state index in [1.807, 2.05) is 25.1 Å². The molecule has 2 aromatic carbocycles. The quantitative estimate of drug-likeness (QED) is 0.232. The van der Waals surface area contributed by atoms with Crippen molar-refractivity contribution in [2.75, 3.05) is 6.61 Å². The number of ether oxygens (including phenoxy) is 1. The van der Waals surface area contributed by atoms with Gasteiger partial charge in [0, 0.05) is 26.2 Å². The highest BCUT2D eigenvalue weighted by Gasteiger charge is 2.41. The summed E-state index contributed by atoms with van der Waals surface area (Å²) in [6.45, 7) is 3.89. The zero-order valence-corrected chi connectivity index (χ0v) is 20.9. The van der Waals surface area contributed by atoms with E-state index in [0.717, 1.165) is 22.4 Å². The van der Waals surface area contributed by atoms with Crippen LogP contribution in [0.1, 0.15) is 25.0 Å². The molecule has 1 aliphatic rings. The third-order valence-electron chi connectivity index (χ3n) is 4.41. The van der Waals surface area contributed by atoms with Gasteiger partial charge in [0.2, 0.25) is 0 Å². The molecule has 0 fully saturated rings. The van der Waals surface area contributed by atoms with E-state index in [1.54, 1.807) is 31.2 Å². The molecule has 1 N–H and O–H groups in total. The molecule has 0 unspecified atom stereocenters. The molecule has 0 atom stereocenters. The lowest BCUT2D eigenvalue weighted by Gasteiger charge is -2.35. The van der Waals surface area contributed by atoms with Crippen molar-refractivity contribution in [2.24, 2.45) is 0 Å². The maximum Gasteiger partial charge on any atom is 0.338 e. The topological polar surface area (TPSA) is 38.3 Å². The Morgan fingerprint density at radius 1 is 1.07 bits per heavy atom. The molecule has 0 amide bonds. The first-order valence-corrected chi connectivity index (χ1v) is 11.4. The fraction of sp³-hybridized carbons (Fsp3) is 0.190. The number of halogens is 5. The first-order valence-electron chi connectivity index (χ1n) is 8.66. The molecule has 0 aliphatic carbocycles. The standard InChI is InChI=1S/C21H16Br2Cl3NO2/c1-3-29-20(28)18-11(2)17(15-9-8-14(25)10-16(15)26)19(27-21(18,22)23)12-4-6-13(24)7-5-12/h4-10,27H,3H2,1-2H3. The van der Waals surface area contributed by atoms with Gasteiger partial charge in [0.15, 0.2) is 3.36 Å². The van der Waals surface area contributed by atoms with E-state index in [0.29, 0.717) is 26.2 Å². The number of benzene rings is 2. The van der Waals surface area contributed by atoms with E-state index < -0.39 is 9.33 Å². The number of carbonyl (C=O) groups is 1. The highest BCUT2D eigenvalue weighted by Crippen LogP contribution is 2.47. The molecule has 1 aliphatic heterocycles. The Morgan fingerprint density at radius 3 is 2.28 bits per heavy atom. The van der Waals surface area contributed by atoms with Crippen LogP contribution in [0.25, 0.3) is 11.3 Å². The lowest BCUT2D eigenvalue weighted by molar-refractivity contribution is -0.138. The number of nitrogens with one attached hydrogen (secondary N) is 1. The van der Waals surface area contributed by atoms with Gasteiger partial charge in [-0.15, -0.1) is 0 Å². The molecule has 0 aromatic heterocycles. The first kappa shape index (κ1) is 22.7. The fourth-order valence-electron chi connectivity index (χ4n) is 3.18. The zero-order valence-electron chi connectivity index (χ0n) is 15.5. The second kappa shape index (κ2) is 9.03. The van der Waals surface area contributed by atoms with Gasteiger partial charge in [-0.2, -0.15) is 0 Å². The van der Waals surface area contributed by atoms with Crippen molar-refractivity contribution in [1.29, 1.82) is 0 Å². The first-order chi connectivity index (χ1) is 13.7. The van der Waals surface area contributed by atoms with E-state index >= 15 is 0 Å². The minimum Gasteiger partial charge on any atom is -0.463 e. The van der Waals surface area contributed by atoms with Crippen LogP contribution in [-0.2, 0) is 9.53 Å². The lowest BCUT2D eigenvalue weighted by atomic mass is 9.88. The van der Waals surface area contributed by atoms with E-state index in [2.05, 4.69) is 37.2 Å². The molecular formula is C21H16Br2Cl3NO2. The molecule has 1 heterocycles. The minimum absolute atomic E-state index is 0.260. The second-order valence-electron chi connectivity index (χ2n) is 6.30. The highest BCUT2D eigenvalue weighted by molar-refractivity contribution is 9.25. The third kappa shape index (κ3) is 4.70. The molecule has 8 heteroatoms. The van der Waals surface area contributed by atoms with Crippen LogP contribution in [0, 0.1) is 0 Å². The molecule has 0 saturated carbocycles. The average molecular weight is 581 g/mol. The Hall–Kier alpha value is -0.980. The number of allylic oxidation sites excluding steroid dienone is 2. The number of rotatable bonds is 4. The van der Waals surface area contributed by atoms with Crippen molar-refractivity contribution in [2.45, 2.75) is 17.2 Å². The van der Waals surface area contributed by atoms with Crippen LogP contribution < -0.4 is 5.32 Å². The second-order valence-corrected chi connectivity index (χ2v) is 11.0. The smallest absolute Gasteiger partial charge is 0.338 e. The van der Waals surface area contributed by atoms with Crippen LogP contribution in [0.2, 0.25) is 15.1 Å². The van der Waals surface area contributed by atoms with E-state index in [4.69, 9.17) is 39.5 Å². The maximum absolute atomic E-state index is 12.8. The van der Waals surface area contributed by atoms with Crippen LogP contribution in [0.4, 0.5) is 0 Å². The van der Waals surface area contributed by atoms with Gasteiger partial charge in [0.1, 0.15) is 0 Å². The SMILES string of the molecule is CCOC(=O)C1=C(C)C(c2ccc(Cl)cc2Cl)=C(c2ccc(Cl)cc2)NC1(Br)Br. The Balaban J connectivity index is 2.34. The molecule has 29 heavy (non-hydrogen) atoms. The van der Waals surface area contributed by atoms with Crippen molar-refractivity contribution >= 4 is 83.9 Å². The molecule has 152 valence electrons. The van der Waals surface area contributed by atoms with Gasteiger partial charge in [-0.1, -0.05) is 53.0 Å². The average Bonchev–Trinajstić information content (AvgIpc) is 2.63. The van der Waals surface area contributed by atoms with Crippen LogP contribution in [0.5, 0.6) is 0 Å². The van der Waals surface area contributed by atoms with Gasteiger partial charge >= 0.3 is 5.97 Å². The number of dihydropyridines is 1. The van der Waals surface area contributed by atoms with E-state index in [-0.39, 0.29) is 6.61 Å². The molecule has 3 nitrogen and oxygen atoms in total. The summed E-state index contributed by atoms with van der Waals surface area (Å²) < 4.78 is 4.27. The number of esters is 1. The Morgan fingerprint density at radius 2 is 1.69 bits per heavy atom. The number of hydrogen-bond donors (Lipinski definition) is 1. The van der Waals surface area contributed by atoms with Gasteiger partial charge < -0.3 is 10.1 Å². The molecule has 0 saturated heterocycles. The van der Waals surface area contributed by atoms with E-state index in [9.17, 15) is 4.79 Å². The molecule has 0 radical (unpaired) electrons. The summed E-state index contributed by atoms with van der Waals surface area (Å²) in [5.41, 5.74) is 4.27. The predicted octanol–water partition coefficient (Wildman–Crippen LogP) is 7.44. The molecule has 2 aromatic rings. The summed E-state index contributed by atoms with van der Waals surface area (Å²) in [6, 6.07) is 12.7. The lowest BCUT2D eigenvalue weighted by Crippen LogP contribution is -2.41. The Bertz CT molecular complexity index is 1030. The van der Waals surface area contributed by atoms with Crippen molar-refractivity contribution in [3.63, 3.8) is 0 Å². The van der Waals surface area contributed by atoms with Crippen molar-refractivity contribution in [1.82, 2.24) is 5.32 Å². The largest absolute Gasteiger partial charge is 0.463 e. The molecule has 3 rings (SSSR count). The zero-order chi connectivity index (χ0) is 21.3. The monoisotopic (exact) mass is 577 g/mol. The summed E-state index contributed by atoms with van der Waals surface area (Å²) in [5, 5.41) is 4.98. The number of hydrogen-bond acceptors (Lipinski definition) is 3. The van der Waals surface area contributed by atoms with Gasteiger partial charge in [-0.3, -0.25) is 0 Å². The molecule has 0 bridgehead atoms. The molecular weight excluding hydrogens is 564 g/mol. The Kier molecular flexibility index (Phi) is 7.06. The van der Waals surface area contributed by atoms with Crippen molar-refractivity contribution in [3.8, 4) is 0 Å². The predicted molar refractivity (Wildman–Crippen MR) is 128 cm³/mol. The fourth-order valence-corrected chi connectivity index (χ4v) is 5.12. The summed E-state index contributed by atoms with van der Waals surface area (Å²) in [4.78, 5) is 12.8. The number of carbonyl (C=O) groups excluding carboxylic acids is 1. The van der Waals surface area contributed by atoms with Gasteiger partial charge in [0.25, 0.3) is 0 Å². The van der Waals surface area contributed by atoms with Crippen LogP contribution >= 0.6 is 66.7 Å². The summed E-state index contributed by atoms with van der Waals surface area (Å²) >= 11 is 25.9. The maximum atomic E-state index is 12.8. The van der Waals surface area contributed by atoms with Gasteiger partial charge in [0.05, 0.1) is 17.9 Å². The van der Waals surface area contributed by atoms with Crippen molar-refractivity contribution in [3.05, 3.63) is 79.8 Å². The highest BCUT2D eigenvalue weighted by atomic mass is 79.9. The van der Waals surface area contributed by atoms with Gasteiger partial charge in [-0.05, 0) is 81.1 Å². The normalized spacial score (nSPS) is 16.0.